The van der Waals surface area contributed by atoms with Crippen molar-refractivity contribution >= 4 is 17.6 Å². The van der Waals surface area contributed by atoms with Crippen LogP contribution in [0.15, 0.2) is 28.2 Å². The van der Waals surface area contributed by atoms with Crippen molar-refractivity contribution in [3.05, 3.63) is 23.8 Å². The van der Waals surface area contributed by atoms with Crippen molar-refractivity contribution in [2.45, 2.75) is 12.6 Å². The van der Waals surface area contributed by atoms with E-state index in [0.717, 1.165) is 6.07 Å². The predicted octanol–water partition coefficient (Wildman–Crippen LogP) is 1.57. The molecule has 1 aromatic rings. The second-order valence-electron chi connectivity index (χ2n) is 3.89. The summed E-state index contributed by atoms with van der Waals surface area (Å²) in [4.78, 5) is 6.84. The molecule has 0 spiro atoms. The van der Waals surface area contributed by atoms with Gasteiger partial charge in [-0.1, -0.05) is 0 Å². The normalized spacial score (nSPS) is 12.4. The zero-order chi connectivity index (χ0) is 16.9. The quantitative estimate of drug-likeness (QED) is 0.443. The molecule has 0 saturated heterocycles. The van der Waals surface area contributed by atoms with Crippen molar-refractivity contribution in [1.82, 2.24) is 0 Å². The van der Waals surface area contributed by atoms with E-state index < -0.39 is 42.4 Å². The fourth-order valence-electron chi connectivity index (χ4n) is 1.34. The first-order valence-electron chi connectivity index (χ1n) is 5.65. The van der Waals surface area contributed by atoms with E-state index >= 15 is 0 Å². The Hall–Kier alpha value is -2.59. The van der Waals surface area contributed by atoms with Gasteiger partial charge in [0.05, 0.1) is 5.56 Å². The van der Waals surface area contributed by atoms with Crippen molar-refractivity contribution in [2.24, 2.45) is 27.2 Å². The van der Waals surface area contributed by atoms with Crippen molar-refractivity contribution in [3.8, 4) is 5.75 Å². The molecule has 122 valence electrons. The van der Waals surface area contributed by atoms with E-state index in [4.69, 9.17) is 17.2 Å². The Morgan fingerprint density at radius 2 is 1.82 bits per heavy atom. The smallest absolute Gasteiger partial charge is 0.416 e. The van der Waals surface area contributed by atoms with Gasteiger partial charge in [0.1, 0.15) is 18.0 Å². The number of benzene rings is 1. The molecule has 0 heterocycles. The largest absolute Gasteiger partial charge is 0.485 e. The molecule has 0 radical (unpaired) electrons. The van der Waals surface area contributed by atoms with Crippen LogP contribution in [0.3, 0.4) is 0 Å². The van der Waals surface area contributed by atoms with E-state index in [-0.39, 0.29) is 5.75 Å². The minimum absolute atomic E-state index is 0.318. The van der Waals surface area contributed by atoms with E-state index in [1.54, 1.807) is 0 Å². The van der Waals surface area contributed by atoms with Crippen LogP contribution >= 0.6 is 0 Å². The highest BCUT2D eigenvalue weighted by atomic mass is 19.4. The van der Waals surface area contributed by atoms with Gasteiger partial charge in [-0.05, 0) is 18.2 Å². The lowest BCUT2D eigenvalue weighted by Gasteiger charge is -2.12. The molecule has 0 aromatic heterocycles. The van der Waals surface area contributed by atoms with Crippen LogP contribution in [0.1, 0.15) is 5.56 Å². The molecule has 0 saturated carbocycles. The van der Waals surface area contributed by atoms with Crippen LogP contribution < -0.4 is 21.9 Å². The molecule has 1 aromatic carbocycles. The summed E-state index contributed by atoms with van der Waals surface area (Å²) in [5.74, 6) is -1.34. The molecule has 0 aliphatic heterocycles. The fraction of sp³-hybridized carbons (Fsp3) is 0.273. The van der Waals surface area contributed by atoms with Crippen LogP contribution in [0.4, 0.5) is 27.6 Å². The van der Waals surface area contributed by atoms with Crippen LogP contribution in [-0.2, 0) is 6.18 Å². The third-order valence-electron chi connectivity index (χ3n) is 2.13. The maximum absolute atomic E-state index is 12.7. The summed E-state index contributed by atoms with van der Waals surface area (Å²) in [5.41, 5.74) is 13.9. The van der Waals surface area contributed by atoms with Crippen LogP contribution in [0.5, 0.6) is 5.75 Å². The van der Waals surface area contributed by atoms with Gasteiger partial charge in [-0.25, -0.2) is 13.8 Å². The van der Waals surface area contributed by atoms with Gasteiger partial charge in [-0.2, -0.15) is 18.2 Å². The van der Waals surface area contributed by atoms with Gasteiger partial charge < -0.3 is 21.9 Å². The number of nitrogens with zero attached hydrogens (tertiary/aromatic N) is 2. The predicted molar refractivity (Wildman–Crippen MR) is 70.0 cm³/mol. The Kier molecular flexibility index (Phi) is 5.49. The van der Waals surface area contributed by atoms with Crippen molar-refractivity contribution < 1.29 is 26.7 Å². The number of nitrogens with two attached hydrogens (primary N) is 3. The average Bonchev–Trinajstić information content (AvgIpc) is 2.34. The summed E-state index contributed by atoms with van der Waals surface area (Å²) < 4.78 is 66.9. The molecule has 0 aliphatic carbocycles. The number of guanidine groups is 2. The van der Waals surface area contributed by atoms with Gasteiger partial charge >= 0.3 is 6.18 Å². The second-order valence-corrected chi connectivity index (χ2v) is 3.89. The maximum Gasteiger partial charge on any atom is 0.416 e. The van der Waals surface area contributed by atoms with Crippen molar-refractivity contribution in [3.63, 3.8) is 0 Å². The highest BCUT2D eigenvalue weighted by Crippen LogP contribution is 2.36. The van der Waals surface area contributed by atoms with Crippen molar-refractivity contribution in [1.29, 1.82) is 0 Å². The summed E-state index contributed by atoms with van der Waals surface area (Å²) >= 11 is 0. The Morgan fingerprint density at radius 3 is 2.32 bits per heavy atom. The van der Waals surface area contributed by atoms with E-state index in [1.807, 2.05) is 0 Å². The average molecular weight is 325 g/mol. The van der Waals surface area contributed by atoms with Gasteiger partial charge in [0, 0.05) is 0 Å². The first-order valence-corrected chi connectivity index (χ1v) is 5.65. The first kappa shape index (κ1) is 17.5. The van der Waals surface area contributed by atoms with Crippen molar-refractivity contribution in [2.75, 3.05) is 6.61 Å². The summed E-state index contributed by atoms with van der Waals surface area (Å²) in [6.45, 7) is -1.02. The van der Waals surface area contributed by atoms with Gasteiger partial charge in [0.15, 0.2) is 5.96 Å². The van der Waals surface area contributed by atoms with Crippen LogP contribution in [0.25, 0.3) is 0 Å². The molecular formula is C11H12F5N5O. The van der Waals surface area contributed by atoms with Crippen LogP contribution in [-0.4, -0.2) is 25.0 Å². The van der Waals surface area contributed by atoms with Gasteiger partial charge in [-0.15, -0.1) is 0 Å². The van der Waals surface area contributed by atoms with Gasteiger partial charge in [0.2, 0.25) is 5.96 Å². The SMILES string of the molecule is NC(N)=NC(N)=Nc1cc(C(F)(F)F)ccc1OCC(F)F. The summed E-state index contributed by atoms with van der Waals surface area (Å²) in [7, 11) is 0. The van der Waals surface area contributed by atoms with Gasteiger partial charge in [-0.3, -0.25) is 0 Å². The van der Waals surface area contributed by atoms with Gasteiger partial charge in [0.25, 0.3) is 6.43 Å². The highest BCUT2D eigenvalue weighted by Gasteiger charge is 2.31. The number of ether oxygens (including phenoxy) is 1. The molecule has 11 heteroatoms. The van der Waals surface area contributed by atoms with E-state index in [1.165, 1.54) is 0 Å². The lowest BCUT2D eigenvalue weighted by molar-refractivity contribution is -0.137. The molecular weight excluding hydrogens is 313 g/mol. The van der Waals surface area contributed by atoms with Crippen LogP contribution in [0, 0.1) is 0 Å². The zero-order valence-corrected chi connectivity index (χ0v) is 10.9. The number of hydrogen-bond donors (Lipinski definition) is 3. The number of alkyl halides is 5. The molecule has 6 nitrogen and oxygen atoms in total. The Bertz CT molecular complexity index is 581. The minimum Gasteiger partial charge on any atom is -0.485 e. The molecule has 0 unspecified atom stereocenters. The van der Waals surface area contributed by atoms with Crippen LogP contribution in [0.2, 0.25) is 0 Å². The first-order chi connectivity index (χ1) is 10.1. The molecule has 0 bridgehead atoms. The molecule has 0 fully saturated rings. The number of aliphatic imine (C=N–C) groups is 2. The number of hydrogen-bond acceptors (Lipinski definition) is 2. The Morgan fingerprint density at radius 1 is 1.18 bits per heavy atom. The highest BCUT2D eigenvalue weighted by molar-refractivity contribution is 5.93. The fourth-order valence-corrected chi connectivity index (χ4v) is 1.34. The zero-order valence-electron chi connectivity index (χ0n) is 10.9. The molecule has 0 atom stereocenters. The molecule has 0 aliphatic rings. The topological polar surface area (TPSA) is 112 Å². The maximum atomic E-state index is 12.7. The lowest BCUT2D eigenvalue weighted by Crippen LogP contribution is -2.26. The molecule has 1 rings (SSSR count). The standard InChI is InChI=1S/C11H12F5N5O/c12-8(13)4-22-7-2-1-5(11(14,15)16)3-6(7)20-10(19)21-9(17)18/h1-3,8H,4H2,(H6,17,18,19,20,21). The lowest BCUT2D eigenvalue weighted by atomic mass is 10.2. The molecule has 22 heavy (non-hydrogen) atoms. The number of halogens is 5. The Labute approximate surface area is 121 Å². The monoisotopic (exact) mass is 325 g/mol. The number of rotatable bonds is 4. The van der Waals surface area contributed by atoms with E-state index in [9.17, 15) is 22.0 Å². The Balaban J connectivity index is 3.25. The molecule has 6 N–H and O–H groups in total. The minimum atomic E-state index is -4.66. The third-order valence-corrected chi connectivity index (χ3v) is 2.13. The molecule has 0 amide bonds. The van der Waals surface area contributed by atoms with E-state index in [2.05, 4.69) is 14.7 Å². The second kappa shape index (κ2) is 6.91. The van der Waals surface area contributed by atoms with E-state index in [0.29, 0.717) is 12.1 Å². The summed E-state index contributed by atoms with van der Waals surface area (Å²) in [6.07, 6.45) is -7.47. The summed E-state index contributed by atoms with van der Waals surface area (Å²) in [5, 5.41) is 0. The third kappa shape index (κ3) is 5.42. The summed E-state index contributed by atoms with van der Waals surface area (Å²) in [6, 6.07) is 2.10.